The highest BCUT2D eigenvalue weighted by molar-refractivity contribution is 5.15. The van der Waals surface area contributed by atoms with E-state index in [1.54, 1.807) is 0 Å². The molecule has 0 radical (unpaired) electrons. The van der Waals surface area contributed by atoms with Crippen LogP contribution in [0.25, 0.3) is 0 Å². The summed E-state index contributed by atoms with van der Waals surface area (Å²) in [7, 11) is 0. The Balaban J connectivity index is 2.00. The van der Waals surface area contributed by atoms with E-state index in [1.807, 2.05) is 18.2 Å². The van der Waals surface area contributed by atoms with Gasteiger partial charge in [0.15, 0.2) is 0 Å². The highest BCUT2D eigenvalue weighted by atomic mass is 16.3. The minimum absolute atomic E-state index is 0.206. The topological polar surface area (TPSA) is 49.5 Å². The van der Waals surface area contributed by atoms with Crippen LogP contribution < -0.4 is 5.73 Å². The van der Waals surface area contributed by atoms with E-state index in [4.69, 9.17) is 5.73 Å². The van der Waals surface area contributed by atoms with Gasteiger partial charge in [0.2, 0.25) is 0 Å². The van der Waals surface area contributed by atoms with Gasteiger partial charge in [-0.05, 0) is 12.0 Å². The molecule has 0 aromatic heterocycles. The Labute approximate surface area is 90.5 Å². The molecule has 15 heavy (non-hydrogen) atoms. The molecule has 0 saturated carbocycles. The normalized spacial score (nSPS) is 27.1. The summed E-state index contributed by atoms with van der Waals surface area (Å²) in [5, 5.41) is 9.58. The number of benzene rings is 1. The van der Waals surface area contributed by atoms with Gasteiger partial charge in [-0.3, -0.25) is 4.90 Å². The second-order valence-electron chi connectivity index (χ2n) is 4.19. The van der Waals surface area contributed by atoms with Crippen molar-refractivity contribution in [3.8, 4) is 0 Å². The van der Waals surface area contributed by atoms with Crippen LogP contribution in [-0.4, -0.2) is 35.2 Å². The number of nitrogens with zero attached hydrogens (tertiary/aromatic N) is 1. The maximum atomic E-state index is 9.58. The van der Waals surface area contributed by atoms with Crippen LogP contribution >= 0.6 is 0 Å². The van der Waals surface area contributed by atoms with Gasteiger partial charge < -0.3 is 10.8 Å². The number of nitrogens with two attached hydrogens (primary N) is 1. The molecule has 1 fully saturated rings. The van der Waals surface area contributed by atoms with Gasteiger partial charge in [0.1, 0.15) is 0 Å². The van der Waals surface area contributed by atoms with E-state index in [0.717, 1.165) is 19.5 Å². The van der Waals surface area contributed by atoms with Crippen molar-refractivity contribution in [2.45, 2.75) is 25.1 Å². The molecule has 1 heterocycles. The van der Waals surface area contributed by atoms with E-state index < -0.39 is 0 Å². The zero-order valence-electron chi connectivity index (χ0n) is 8.84. The molecule has 3 N–H and O–H groups in total. The Morgan fingerprint density at radius 1 is 1.33 bits per heavy atom. The zero-order valence-corrected chi connectivity index (χ0v) is 8.84. The third-order valence-electron chi connectivity index (χ3n) is 3.01. The first-order valence-electron chi connectivity index (χ1n) is 5.45. The predicted molar refractivity (Wildman–Crippen MR) is 60.3 cm³/mol. The number of hydrogen-bond donors (Lipinski definition) is 2. The van der Waals surface area contributed by atoms with Crippen molar-refractivity contribution in [3.05, 3.63) is 35.9 Å². The highest BCUT2D eigenvalue weighted by Crippen LogP contribution is 2.19. The van der Waals surface area contributed by atoms with Crippen LogP contribution in [0.3, 0.4) is 0 Å². The predicted octanol–water partition coefficient (Wildman–Crippen LogP) is 0.580. The lowest BCUT2D eigenvalue weighted by Crippen LogP contribution is -2.34. The summed E-state index contributed by atoms with van der Waals surface area (Å²) in [6.45, 7) is 2.26. The summed E-state index contributed by atoms with van der Waals surface area (Å²) < 4.78 is 0. The molecular weight excluding hydrogens is 188 g/mol. The summed E-state index contributed by atoms with van der Waals surface area (Å²) in [5.74, 6) is 0. The Bertz CT molecular complexity index is 302. The molecule has 1 aliphatic rings. The van der Waals surface area contributed by atoms with Crippen LogP contribution in [0.1, 0.15) is 12.0 Å². The van der Waals surface area contributed by atoms with Gasteiger partial charge in [0.05, 0.1) is 6.10 Å². The fourth-order valence-corrected chi connectivity index (χ4v) is 2.21. The second-order valence-corrected chi connectivity index (χ2v) is 4.19. The number of hydrogen-bond acceptors (Lipinski definition) is 3. The Morgan fingerprint density at radius 3 is 2.73 bits per heavy atom. The lowest BCUT2D eigenvalue weighted by Gasteiger charge is -2.22. The van der Waals surface area contributed by atoms with E-state index in [2.05, 4.69) is 17.0 Å². The van der Waals surface area contributed by atoms with Crippen molar-refractivity contribution >= 4 is 0 Å². The van der Waals surface area contributed by atoms with E-state index >= 15 is 0 Å². The van der Waals surface area contributed by atoms with Crippen LogP contribution in [-0.2, 0) is 6.54 Å². The maximum Gasteiger partial charge on any atom is 0.0682 e. The van der Waals surface area contributed by atoms with Crippen LogP contribution in [0.2, 0.25) is 0 Å². The molecule has 1 aromatic carbocycles. The van der Waals surface area contributed by atoms with Crippen LogP contribution in [0.4, 0.5) is 0 Å². The monoisotopic (exact) mass is 206 g/mol. The minimum atomic E-state index is -0.206. The minimum Gasteiger partial charge on any atom is -0.392 e. The first-order chi connectivity index (χ1) is 7.29. The van der Waals surface area contributed by atoms with Crippen LogP contribution in [0, 0.1) is 0 Å². The van der Waals surface area contributed by atoms with E-state index in [0.29, 0.717) is 12.6 Å². The summed E-state index contributed by atoms with van der Waals surface area (Å²) in [4.78, 5) is 2.26. The number of aliphatic hydroxyl groups is 1. The van der Waals surface area contributed by atoms with Gasteiger partial charge in [-0.1, -0.05) is 30.3 Å². The Kier molecular flexibility index (Phi) is 3.36. The summed E-state index contributed by atoms with van der Waals surface area (Å²) in [5.41, 5.74) is 6.97. The number of rotatable bonds is 3. The standard InChI is InChI=1S/C12H18N2O/c13-7-11-6-12(15)9-14(11)8-10-4-2-1-3-5-10/h1-5,11-12,15H,6-9,13H2/t11-,12-/m1/s1. The van der Waals surface area contributed by atoms with Crippen molar-refractivity contribution in [2.24, 2.45) is 5.73 Å². The maximum absolute atomic E-state index is 9.58. The number of β-amino-alcohol motifs (C(OH)–C–C–N with tert-alkyl or cyclic N) is 1. The average molecular weight is 206 g/mol. The van der Waals surface area contributed by atoms with Crippen molar-refractivity contribution < 1.29 is 5.11 Å². The zero-order chi connectivity index (χ0) is 10.7. The lowest BCUT2D eigenvalue weighted by atomic mass is 10.2. The quantitative estimate of drug-likeness (QED) is 0.760. The van der Waals surface area contributed by atoms with Crippen LogP contribution in [0.5, 0.6) is 0 Å². The third kappa shape index (κ3) is 2.56. The first-order valence-corrected chi connectivity index (χ1v) is 5.45. The second kappa shape index (κ2) is 4.75. The van der Waals surface area contributed by atoms with Gasteiger partial charge in [0.25, 0.3) is 0 Å². The number of aliphatic hydroxyl groups excluding tert-OH is 1. The summed E-state index contributed by atoms with van der Waals surface area (Å²) in [6.07, 6.45) is 0.603. The third-order valence-corrected chi connectivity index (χ3v) is 3.01. The van der Waals surface area contributed by atoms with Crippen LogP contribution in [0.15, 0.2) is 30.3 Å². The summed E-state index contributed by atoms with van der Waals surface area (Å²) >= 11 is 0. The van der Waals surface area contributed by atoms with E-state index in [1.165, 1.54) is 5.56 Å². The van der Waals surface area contributed by atoms with Gasteiger partial charge in [-0.25, -0.2) is 0 Å². The molecule has 0 aliphatic carbocycles. The highest BCUT2D eigenvalue weighted by Gasteiger charge is 2.29. The van der Waals surface area contributed by atoms with Crippen molar-refractivity contribution in [2.75, 3.05) is 13.1 Å². The molecule has 2 rings (SSSR count). The summed E-state index contributed by atoms with van der Waals surface area (Å²) in [6, 6.07) is 10.7. The Morgan fingerprint density at radius 2 is 2.07 bits per heavy atom. The molecule has 1 aliphatic heterocycles. The van der Waals surface area contributed by atoms with Gasteiger partial charge in [-0.15, -0.1) is 0 Å². The molecule has 2 atom stereocenters. The molecule has 0 amide bonds. The van der Waals surface area contributed by atoms with Crippen molar-refractivity contribution in [1.82, 2.24) is 4.90 Å². The van der Waals surface area contributed by atoms with Gasteiger partial charge in [0, 0.05) is 25.7 Å². The fraction of sp³-hybridized carbons (Fsp3) is 0.500. The molecule has 3 nitrogen and oxygen atoms in total. The van der Waals surface area contributed by atoms with Crippen molar-refractivity contribution in [3.63, 3.8) is 0 Å². The van der Waals surface area contributed by atoms with E-state index in [9.17, 15) is 5.11 Å². The molecule has 0 bridgehead atoms. The fourth-order valence-electron chi connectivity index (χ4n) is 2.21. The number of likely N-dealkylation sites (tertiary alicyclic amines) is 1. The SMILES string of the molecule is NC[C@H]1C[C@@H](O)CN1Cc1ccccc1. The molecule has 3 heteroatoms. The molecular formula is C12H18N2O. The molecule has 1 saturated heterocycles. The Hall–Kier alpha value is -0.900. The lowest BCUT2D eigenvalue weighted by molar-refractivity contribution is 0.173. The molecule has 82 valence electrons. The molecule has 0 unspecified atom stereocenters. The van der Waals surface area contributed by atoms with Gasteiger partial charge >= 0.3 is 0 Å². The van der Waals surface area contributed by atoms with E-state index in [-0.39, 0.29) is 6.10 Å². The largest absolute Gasteiger partial charge is 0.392 e. The average Bonchev–Trinajstić information content (AvgIpc) is 2.60. The molecule has 0 spiro atoms. The van der Waals surface area contributed by atoms with Crippen molar-refractivity contribution in [1.29, 1.82) is 0 Å². The smallest absolute Gasteiger partial charge is 0.0682 e. The van der Waals surface area contributed by atoms with Gasteiger partial charge in [-0.2, -0.15) is 0 Å². The first kappa shape index (κ1) is 10.6. The molecule has 1 aromatic rings.